The van der Waals surface area contributed by atoms with Gasteiger partial charge in [-0.05, 0) is 37.0 Å². The van der Waals surface area contributed by atoms with Crippen molar-refractivity contribution in [1.82, 2.24) is 14.8 Å². The van der Waals surface area contributed by atoms with Crippen LogP contribution in [-0.2, 0) is 14.3 Å². The molecule has 3 aliphatic rings. The lowest BCUT2D eigenvalue weighted by molar-refractivity contribution is -0.135. The van der Waals surface area contributed by atoms with Crippen molar-refractivity contribution in [3.05, 3.63) is 41.6 Å². The first-order chi connectivity index (χ1) is 15.5. The molecule has 1 aromatic heterocycles. The SMILES string of the molecule is C=CC(=O)N1CCC=C(c2cc(C#N)c(N3CCN(C(=O)COC)CC3)nc2C2CC2)C1. The van der Waals surface area contributed by atoms with Gasteiger partial charge in [0, 0.05) is 57.9 Å². The molecule has 0 unspecified atom stereocenters. The average molecular weight is 436 g/mol. The summed E-state index contributed by atoms with van der Waals surface area (Å²) in [7, 11) is 1.52. The molecule has 2 aliphatic heterocycles. The topological polar surface area (TPSA) is 89.8 Å². The zero-order chi connectivity index (χ0) is 22.7. The molecule has 1 aromatic rings. The molecule has 4 rings (SSSR count). The van der Waals surface area contributed by atoms with Crippen LogP contribution in [0.25, 0.3) is 5.57 Å². The van der Waals surface area contributed by atoms with Crippen LogP contribution in [0.15, 0.2) is 24.8 Å². The normalized spacial score (nSPS) is 18.8. The quantitative estimate of drug-likeness (QED) is 0.635. The third kappa shape index (κ3) is 4.53. The molecule has 8 nitrogen and oxygen atoms in total. The minimum atomic E-state index is -0.0745. The van der Waals surface area contributed by atoms with E-state index in [1.165, 1.54) is 13.2 Å². The molecule has 3 heterocycles. The summed E-state index contributed by atoms with van der Waals surface area (Å²) in [4.78, 5) is 34.9. The molecule has 0 radical (unpaired) electrons. The van der Waals surface area contributed by atoms with Crippen molar-refractivity contribution in [2.75, 3.05) is 57.9 Å². The summed E-state index contributed by atoms with van der Waals surface area (Å²) < 4.78 is 4.96. The predicted octanol–water partition coefficient (Wildman–Crippen LogP) is 1.93. The molecule has 2 amide bonds. The van der Waals surface area contributed by atoms with Gasteiger partial charge >= 0.3 is 0 Å². The van der Waals surface area contributed by atoms with Crippen LogP contribution < -0.4 is 4.90 Å². The molecule has 1 saturated heterocycles. The Morgan fingerprint density at radius 2 is 2.00 bits per heavy atom. The van der Waals surface area contributed by atoms with E-state index >= 15 is 0 Å². The summed E-state index contributed by atoms with van der Waals surface area (Å²) in [6, 6.07) is 4.28. The van der Waals surface area contributed by atoms with Crippen LogP contribution in [0.3, 0.4) is 0 Å². The number of aromatic nitrogens is 1. The van der Waals surface area contributed by atoms with Crippen molar-refractivity contribution < 1.29 is 14.3 Å². The number of hydrogen-bond donors (Lipinski definition) is 0. The largest absolute Gasteiger partial charge is 0.375 e. The van der Waals surface area contributed by atoms with Gasteiger partial charge in [-0.2, -0.15) is 5.26 Å². The number of ether oxygens (including phenoxy) is 1. The summed E-state index contributed by atoms with van der Waals surface area (Å²) in [6.45, 7) is 7.30. The molecule has 1 saturated carbocycles. The van der Waals surface area contributed by atoms with Crippen LogP contribution in [0.5, 0.6) is 0 Å². The van der Waals surface area contributed by atoms with E-state index in [2.05, 4.69) is 23.6 Å². The summed E-state index contributed by atoms with van der Waals surface area (Å²) in [5.74, 6) is 1.01. The Labute approximate surface area is 188 Å². The molecule has 168 valence electrons. The predicted molar refractivity (Wildman–Crippen MR) is 121 cm³/mol. The number of piperazine rings is 1. The number of carbonyl (C=O) groups is 2. The highest BCUT2D eigenvalue weighted by Crippen LogP contribution is 2.44. The van der Waals surface area contributed by atoms with Crippen LogP contribution in [0.4, 0.5) is 5.82 Å². The second-order valence-corrected chi connectivity index (χ2v) is 8.46. The number of methoxy groups -OCH3 is 1. The molecule has 32 heavy (non-hydrogen) atoms. The van der Waals surface area contributed by atoms with Gasteiger partial charge in [0.25, 0.3) is 0 Å². The highest BCUT2D eigenvalue weighted by atomic mass is 16.5. The third-order valence-electron chi connectivity index (χ3n) is 6.30. The number of nitriles is 1. The minimum absolute atomic E-state index is 0.0162. The summed E-state index contributed by atoms with van der Waals surface area (Å²) in [5, 5.41) is 9.91. The smallest absolute Gasteiger partial charge is 0.248 e. The first-order valence-electron chi connectivity index (χ1n) is 11.1. The molecule has 2 fully saturated rings. The van der Waals surface area contributed by atoms with Crippen molar-refractivity contribution in [1.29, 1.82) is 5.26 Å². The standard InChI is InChI=1S/C24H29N5O3/c1-3-21(30)29-8-4-5-18(15-29)20-13-19(14-25)24(26-23(20)17-6-7-17)28-11-9-27(10-12-28)22(31)16-32-2/h3,5,13,17H,1,4,6-12,15-16H2,2H3. The molecular weight excluding hydrogens is 406 g/mol. The van der Waals surface area contributed by atoms with Crippen molar-refractivity contribution in [2.24, 2.45) is 0 Å². The van der Waals surface area contributed by atoms with Crippen LogP contribution in [-0.4, -0.2) is 79.6 Å². The van der Waals surface area contributed by atoms with Gasteiger partial charge in [-0.3, -0.25) is 9.59 Å². The van der Waals surface area contributed by atoms with Crippen molar-refractivity contribution >= 4 is 23.2 Å². The maximum Gasteiger partial charge on any atom is 0.248 e. The van der Waals surface area contributed by atoms with Gasteiger partial charge < -0.3 is 19.4 Å². The molecule has 0 N–H and O–H groups in total. The van der Waals surface area contributed by atoms with Crippen LogP contribution in [0, 0.1) is 11.3 Å². The number of nitrogens with zero attached hydrogens (tertiary/aromatic N) is 5. The summed E-state index contributed by atoms with van der Waals surface area (Å²) in [6.07, 6.45) is 6.47. The van der Waals surface area contributed by atoms with Gasteiger partial charge in [-0.15, -0.1) is 0 Å². The van der Waals surface area contributed by atoms with E-state index in [0.29, 0.717) is 56.6 Å². The van der Waals surface area contributed by atoms with Gasteiger partial charge in [0.05, 0.1) is 11.3 Å². The molecule has 0 aromatic carbocycles. The maximum absolute atomic E-state index is 12.1. The van der Waals surface area contributed by atoms with Crippen molar-refractivity contribution in [3.63, 3.8) is 0 Å². The van der Waals surface area contributed by atoms with Crippen LogP contribution >= 0.6 is 0 Å². The number of anilines is 1. The first kappa shape index (κ1) is 22.0. The van der Waals surface area contributed by atoms with Gasteiger partial charge in [-0.25, -0.2) is 4.98 Å². The maximum atomic E-state index is 12.1. The Morgan fingerprint density at radius 3 is 2.62 bits per heavy atom. The molecular formula is C24H29N5O3. The fourth-order valence-corrected chi connectivity index (χ4v) is 4.40. The number of pyridine rings is 1. The van der Waals surface area contributed by atoms with Crippen molar-refractivity contribution in [3.8, 4) is 6.07 Å². The van der Waals surface area contributed by atoms with Gasteiger partial charge in [0.15, 0.2) is 0 Å². The lowest BCUT2D eigenvalue weighted by atomic mass is 9.95. The summed E-state index contributed by atoms with van der Waals surface area (Å²) in [5.41, 5.74) is 3.60. The second kappa shape index (κ2) is 9.53. The van der Waals surface area contributed by atoms with E-state index in [0.717, 1.165) is 36.1 Å². The Kier molecular flexibility index (Phi) is 6.56. The lowest BCUT2D eigenvalue weighted by Crippen LogP contribution is -2.50. The number of hydrogen-bond acceptors (Lipinski definition) is 6. The Hall–Kier alpha value is -3.18. The van der Waals surface area contributed by atoms with E-state index in [4.69, 9.17) is 9.72 Å². The minimum Gasteiger partial charge on any atom is -0.375 e. The monoisotopic (exact) mass is 435 g/mol. The fraction of sp³-hybridized carbons (Fsp3) is 0.500. The van der Waals surface area contributed by atoms with E-state index in [1.807, 2.05) is 6.07 Å². The molecule has 0 bridgehead atoms. The van der Waals surface area contributed by atoms with Gasteiger partial charge in [-0.1, -0.05) is 12.7 Å². The highest BCUT2D eigenvalue weighted by Gasteiger charge is 2.32. The lowest BCUT2D eigenvalue weighted by Gasteiger charge is -2.36. The zero-order valence-electron chi connectivity index (χ0n) is 18.5. The van der Waals surface area contributed by atoms with Crippen LogP contribution in [0.1, 0.15) is 42.0 Å². The Morgan fingerprint density at radius 1 is 1.25 bits per heavy atom. The third-order valence-corrected chi connectivity index (χ3v) is 6.30. The van der Waals surface area contributed by atoms with E-state index in [9.17, 15) is 14.9 Å². The molecule has 8 heteroatoms. The van der Waals surface area contributed by atoms with Crippen molar-refractivity contribution in [2.45, 2.75) is 25.2 Å². The molecule has 0 spiro atoms. The zero-order valence-corrected chi connectivity index (χ0v) is 18.5. The van der Waals surface area contributed by atoms with E-state index < -0.39 is 0 Å². The Bertz CT molecular complexity index is 984. The molecule has 0 atom stereocenters. The van der Waals surface area contributed by atoms with Gasteiger partial charge in [0.1, 0.15) is 18.5 Å². The van der Waals surface area contributed by atoms with Crippen LogP contribution in [0.2, 0.25) is 0 Å². The number of rotatable bonds is 6. The first-order valence-corrected chi connectivity index (χ1v) is 11.1. The van der Waals surface area contributed by atoms with E-state index in [1.54, 1.807) is 9.80 Å². The van der Waals surface area contributed by atoms with Gasteiger partial charge in [0.2, 0.25) is 11.8 Å². The Balaban J connectivity index is 1.60. The summed E-state index contributed by atoms with van der Waals surface area (Å²) >= 11 is 0. The van der Waals surface area contributed by atoms with E-state index in [-0.39, 0.29) is 18.4 Å². The number of carbonyl (C=O) groups excluding carboxylic acids is 2. The second-order valence-electron chi connectivity index (χ2n) is 8.46. The highest BCUT2D eigenvalue weighted by molar-refractivity contribution is 5.89. The molecule has 1 aliphatic carbocycles. The number of amides is 2. The fourth-order valence-electron chi connectivity index (χ4n) is 4.40. The average Bonchev–Trinajstić information content (AvgIpc) is 3.68.